The van der Waals surface area contributed by atoms with Gasteiger partial charge in [0.15, 0.2) is 0 Å². The number of nitrogens with zero attached hydrogens (tertiary/aromatic N) is 1. The van der Waals surface area contributed by atoms with Gasteiger partial charge in [0.2, 0.25) is 5.78 Å². The summed E-state index contributed by atoms with van der Waals surface area (Å²) in [4.78, 5) is 45.2. The highest BCUT2D eigenvalue weighted by molar-refractivity contribution is 6.21. The Bertz CT molecular complexity index is 1420. The van der Waals surface area contributed by atoms with E-state index in [1.165, 1.54) is 10.5 Å². The number of benzene rings is 3. The quantitative estimate of drug-likeness (QED) is 0.363. The number of fused-ring (bicyclic) bond motifs is 3. The SMILES string of the molecule is O=C(C[NH+]1CCc2ccccc2[C@H]1CN1C(=O)c2ccccc2C1=O)c1c[nH]c2ccccc12. The topological polar surface area (TPSA) is 74.7 Å². The number of hydrogen-bond acceptors (Lipinski definition) is 3. The van der Waals surface area contributed by atoms with Crippen molar-refractivity contribution in [3.8, 4) is 0 Å². The van der Waals surface area contributed by atoms with Crippen LogP contribution in [-0.2, 0) is 6.42 Å². The molecule has 0 fully saturated rings. The Balaban J connectivity index is 1.32. The average Bonchev–Trinajstić information content (AvgIpc) is 3.41. The number of amides is 2. The molecule has 3 aromatic carbocycles. The number of nitrogens with one attached hydrogen (secondary N) is 2. The normalized spacial score (nSPS) is 19.4. The fourth-order valence-electron chi connectivity index (χ4n) is 5.42. The van der Waals surface area contributed by atoms with Crippen LogP contribution in [0, 0.1) is 0 Å². The van der Waals surface area contributed by atoms with E-state index in [-0.39, 0.29) is 30.2 Å². The molecule has 0 bridgehead atoms. The summed E-state index contributed by atoms with van der Waals surface area (Å²) in [6.07, 6.45) is 2.63. The van der Waals surface area contributed by atoms with E-state index in [2.05, 4.69) is 17.1 Å². The number of Topliss-reactive ketones (excluding diaryl/α,β-unsaturated/α-hetero) is 1. The second kappa shape index (κ2) is 8.08. The predicted octanol–water partition coefficient (Wildman–Crippen LogP) is 2.83. The predicted molar refractivity (Wildman–Crippen MR) is 128 cm³/mol. The van der Waals surface area contributed by atoms with Crippen LogP contribution >= 0.6 is 0 Å². The number of aromatic amines is 1. The number of carbonyl (C=O) groups is 3. The van der Waals surface area contributed by atoms with Gasteiger partial charge >= 0.3 is 0 Å². The fourth-order valence-corrected chi connectivity index (χ4v) is 5.42. The molecule has 3 heterocycles. The van der Waals surface area contributed by atoms with Gasteiger partial charge < -0.3 is 9.88 Å². The minimum Gasteiger partial charge on any atom is -0.360 e. The highest BCUT2D eigenvalue weighted by Gasteiger charge is 2.41. The summed E-state index contributed by atoms with van der Waals surface area (Å²) in [6, 6.07) is 22.8. The van der Waals surface area contributed by atoms with Crippen LogP contribution in [-0.4, -0.2) is 47.1 Å². The molecule has 1 unspecified atom stereocenters. The van der Waals surface area contributed by atoms with Crippen LogP contribution in [0.5, 0.6) is 0 Å². The monoisotopic (exact) mass is 450 g/mol. The lowest BCUT2D eigenvalue weighted by atomic mass is 9.91. The van der Waals surface area contributed by atoms with E-state index in [9.17, 15) is 14.4 Å². The molecule has 34 heavy (non-hydrogen) atoms. The Labute approximate surface area is 196 Å². The van der Waals surface area contributed by atoms with Crippen LogP contribution < -0.4 is 4.90 Å². The first kappa shape index (κ1) is 20.6. The highest BCUT2D eigenvalue weighted by Crippen LogP contribution is 2.27. The first-order valence-electron chi connectivity index (χ1n) is 11.6. The number of imide groups is 1. The number of carbonyl (C=O) groups excluding carboxylic acids is 3. The number of H-pyrrole nitrogens is 1. The molecule has 6 heteroatoms. The van der Waals surface area contributed by atoms with Crippen LogP contribution in [0.25, 0.3) is 10.9 Å². The zero-order chi connectivity index (χ0) is 23.2. The molecular weight excluding hydrogens is 426 g/mol. The molecule has 2 atom stereocenters. The number of rotatable bonds is 5. The molecule has 2 amide bonds. The second-order valence-corrected chi connectivity index (χ2v) is 9.02. The Kier molecular flexibility index (Phi) is 4.89. The van der Waals surface area contributed by atoms with Gasteiger partial charge in [-0.3, -0.25) is 19.3 Å². The number of ketones is 1. The third kappa shape index (κ3) is 3.26. The molecule has 2 aliphatic heterocycles. The molecule has 0 radical (unpaired) electrons. The Morgan fingerprint density at radius 2 is 1.59 bits per heavy atom. The largest absolute Gasteiger partial charge is 0.360 e. The number of aromatic nitrogens is 1. The van der Waals surface area contributed by atoms with Crippen LogP contribution in [0.4, 0.5) is 0 Å². The van der Waals surface area contributed by atoms with Crippen LogP contribution in [0.2, 0.25) is 0 Å². The molecule has 6 nitrogen and oxygen atoms in total. The van der Waals surface area contributed by atoms with Gasteiger partial charge in [-0.1, -0.05) is 54.6 Å². The first-order valence-corrected chi connectivity index (χ1v) is 11.6. The smallest absolute Gasteiger partial charge is 0.261 e. The molecule has 1 aromatic heterocycles. The first-order chi connectivity index (χ1) is 16.6. The Morgan fingerprint density at radius 3 is 2.38 bits per heavy atom. The maximum Gasteiger partial charge on any atom is 0.261 e. The third-order valence-electron chi connectivity index (χ3n) is 7.16. The fraction of sp³-hybridized carbons (Fsp3) is 0.179. The summed E-state index contributed by atoms with van der Waals surface area (Å²) in [5.74, 6) is -0.462. The van der Waals surface area contributed by atoms with Gasteiger partial charge in [0, 0.05) is 34.6 Å². The molecule has 4 aromatic rings. The van der Waals surface area contributed by atoms with E-state index in [0.29, 0.717) is 23.2 Å². The Morgan fingerprint density at radius 1 is 0.912 bits per heavy atom. The van der Waals surface area contributed by atoms with E-state index in [1.54, 1.807) is 30.5 Å². The van der Waals surface area contributed by atoms with E-state index in [4.69, 9.17) is 0 Å². The summed E-state index contributed by atoms with van der Waals surface area (Å²) in [7, 11) is 0. The summed E-state index contributed by atoms with van der Waals surface area (Å²) in [5.41, 5.74) is 4.84. The van der Waals surface area contributed by atoms with Gasteiger partial charge in [0.25, 0.3) is 11.8 Å². The molecule has 0 spiro atoms. The standard InChI is InChI=1S/C28H23N3O3/c32-26(23-15-29-24-12-6-5-9-20(23)24)17-30-14-13-18-7-1-2-8-19(18)25(30)16-31-27(33)21-10-3-4-11-22(21)28(31)34/h1-12,15,25,29H,13-14,16-17H2/p+1/t25-/m1/s1. The van der Waals surface area contributed by atoms with E-state index >= 15 is 0 Å². The van der Waals surface area contributed by atoms with Crippen LogP contribution in [0.15, 0.2) is 79.0 Å². The lowest BCUT2D eigenvalue weighted by molar-refractivity contribution is -0.925. The van der Waals surface area contributed by atoms with Crippen molar-refractivity contribution < 1.29 is 19.3 Å². The molecule has 168 valence electrons. The van der Waals surface area contributed by atoms with Crippen molar-refractivity contribution in [1.82, 2.24) is 9.88 Å². The van der Waals surface area contributed by atoms with Gasteiger partial charge in [0.1, 0.15) is 12.6 Å². The molecule has 6 rings (SSSR count). The van der Waals surface area contributed by atoms with Crippen molar-refractivity contribution in [2.75, 3.05) is 19.6 Å². The molecule has 0 saturated carbocycles. The van der Waals surface area contributed by atoms with Crippen molar-refractivity contribution in [3.05, 3.63) is 107 Å². The second-order valence-electron chi connectivity index (χ2n) is 9.02. The minimum absolute atomic E-state index is 0.0548. The summed E-state index contributed by atoms with van der Waals surface area (Å²) >= 11 is 0. The summed E-state index contributed by atoms with van der Waals surface area (Å²) in [6.45, 7) is 1.31. The van der Waals surface area contributed by atoms with Crippen LogP contribution in [0.1, 0.15) is 48.2 Å². The highest BCUT2D eigenvalue weighted by atomic mass is 16.2. The summed E-state index contributed by atoms with van der Waals surface area (Å²) < 4.78 is 0. The van der Waals surface area contributed by atoms with E-state index < -0.39 is 0 Å². The van der Waals surface area contributed by atoms with Crippen molar-refractivity contribution in [2.45, 2.75) is 12.5 Å². The van der Waals surface area contributed by atoms with Gasteiger partial charge in [0.05, 0.1) is 24.2 Å². The lowest BCUT2D eigenvalue weighted by Crippen LogP contribution is -3.14. The van der Waals surface area contributed by atoms with Gasteiger partial charge in [-0.05, 0) is 23.8 Å². The maximum absolute atomic E-state index is 13.4. The number of para-hydroxylation sites is 1. The summed E-state index contributed by atoms with van der Waals surface area (Å²) in [5, 5.41) is 0.918. The van der Waals surface area contributed by atoms with Crippen molar-refractivity contribution in [3.63, 3.8) is 0 Å². The maximum atomic E-state index is 13.4. The van der Waals surface area contributed by atoms with E-state index in [1.807, 2.05) is 36.4 Å². The molecule has 0 saturated heterocycles. The molecule has 2 aliphatic rings. The zero-order valence-corrected chi connectivity index (χ0v) is 18.6. The molecular formula is C28H24N3O3+. The van der Waals surface area contributed by atoms with Gasteiger partial charge in [-0.2, -0.15) is 0 Å². The van der Waals surface area contributed by atoms with Gasteiger partial charge in [-0.15, -0.1) is 0 Å². The average molecular weight is 451 g/mol. The van der Waals surface area contributed by atoms with Crippen molar-refractivity contribution in [2.24, 2.45) is 0 Å². The lowest BCUT2D eigenvalue weighted by Gasteiger charge is -2.35. The third-order valence-corrected chi connectivity index (χ3v) is 7.16. The van der Waals surface area contributed by atoms with Crippen LogP contribution in [0.3, 0.4) is 0 Å². The van der Waals surface area contributed by atoms with E-state index in [0.717, 1.165) is 34.3 Å². The van der Waals surface area contributed by atoms with Gasteiger partial charge in [-0.25, -0.2) is 0 Å². The van der Waals surface area contributed by atoms with Crippen molar-refractivity contribution >= 4 is 28.5 Å². The Hall–Kier alpha value is -4.03. The minimum atomic E-state index is -0.258. The number of hydrogen-bond donors (Lipinski definition) is 2. The van der Waals surface area contributed by atoms with Crippen molar-refractivity contribution in [1.29, 1.82) is 0 Å². The number of quaternary nitrogens is 1. The molecule has 2 N–H and O–H groups in total. The zero-order valence-electron chi connectivity index (χ0n) is 18.6. The molecule has 0 aliphatic carbocycles.